The number of benzene rings is 1. The summed E-state index contributed by atoms with van der Waals surface area (Å²) in [5.41, 5.74) is 0.205. The van der Waals surface area contributed by atoms with E-state index in [2.05, 4.69) is 20.6 Å². The van der Waals surface area contributed by atoms with E-state index in [9.17, 15) is 13.2 Å². The number of carbonyl (C=O) groups excluding carboxylic acids is 1. The Balaban J connectivity index is 1.89. The SMILES string of the molecule is Cn1ccnc1C(NC(=O)Nc1ccccc1S(C)(=O)=O)c1nccn1C. The maximum atomic E-state index is 12.6. The Kier molecular flexibility index (Phi) is 5.00. The lowest BCUT2D eigenvalue weighted by Gasteiger charge is -2.19. The molecule has 9 nitrogen and oxygen atoms in total. The number of hydrogen-bond acceptors (Lipinski definition) is 5. The van der Waals surface area contributed by atoms with Gasteiger partial charge in [0.25, 0.3) is 0 Å². The molecule has 3 rings (SSSR count). The molecule has 0 aliphatic rings. The van der Waals surface area contributed by atoms with Gasteiger partial charge in [-0.3, -0.25) is 0 Å². The number of carbonyl (C=O) groups is 1. The molecule has 27 heavy (non-hydrogen) atoms. The summed E-state index contributed by atoms with van der Waals surface area (Å²) in [7, 11) is 0.150. The number of amides is 2. The summed E-state index contributed by atoms with van der Waals surface area (Å²) in [6.45, 7) is 0. The fourth-order valence-corrected chi connectivity index (χ4v) is 3.58. The Morgan fingerprint density at radius 1 is 1.04 bits per heavy atom. The van der Waals surface area contributed by atoms with Crippen LogP contribution in [0.4, 0.5) is 10.5 Å². The van der Waals surface area contributed by atoms with Gasteiger partial charge in [-0.05, 0) is 12.1 Å². The Morgan fingerprint density at radius 3 is 2.07 bits per heavy atom. The molecule has 3 aromatic rings. The molecule has 2 N–H and O–H groups in total. The van der Waals surface area contributed by atoms with Crippen LogP contribution < -0.4 is 10.6 Å². The summed E-state index contributed by atoms with van der Waals surface area (Å²) < 4.78 is 27.4. The molecule has 0 saturated heterocycles. The lowest BCUT2D eigenvalue weighted by Crippen LogP contribution is -2.36. The standard InChI is InChI=1S/C17H20N6O3S/c1-22-10-8-18-15(22)14(16-19-9-11-23(16)2)21-17(24)20-12-6-4-5-7-13(12)27(3,25)26/h4-11,14H,1-3H3,(H2,20,21,24). The Hall–Kier alpha value is -3.14. The summed E-state index contributed by atoms with van der Waals surface area (Å²) in [6, 6.07) is 5.05. The summed E-state index contributed by atoms with van der Waals surface area (Å²) in [6.07, 6.45) is 7.89. The predicted molar refractivity (Wildman–Crippen MR) is 100.0 cm³/mol. The van der Waals surface area contributed by atoms with Crippen molar-refractivity contribution in [1.82, 2.24) is 24.4 Å². The zero-order valence-corrected chi connectivity index (χ0v) is 15.9. The highest BCUT2D eigenvalue weighted by Crippen LogP contribution is 2.22. The third-order valence-electron chi connectivity index (χ3n) is 4.04. The van der Waals surface area contributed by atoms with Crippen molar-refractivity contribution in [3.05, 3.63) is 60.7 Å². The minimum Gasteiger partial charge on any atom is -0.336 e. The van der Waals surface area contributed by atoms with Crippen LogP contribution in [0.25, 0.3) is 0 Å². The van der Waals surface area contributed by atoms with Gasteiger partial charge in [-0.25, -0.2) is 23.2 Å². The van der Waals surface area contributed by atoms with E-state index >= 15 is 0 Å². The van der Waals surface area contributed by atoms with Gasteiger partial charge < -0.3 is 19.8 Å². The van der Waals surface area contributed by atoms with Gasteiger partial charge in [-0.1, -0.05) is 12.1 Å². The van der Waals surface area contributed by atoms with E-state index in [1.165, 1.54) is 12.1 Å². The van der Waals surface area contributed by atoms with E-state index in [0.29, 0.717) is 11.6 Å². The molecule has 0 aliphatic carbocycles. The average molecular weight is 388 g/mol. The van der Waals surface area contributed by atoms with Crippen LogP contribution in [-0.2, 0) is 23.9 Å². The number of nitrogens with zero attached hydrogens (tertiary/aromatic N) is 4. The van der Waals surface area contributed by atoms with Crippen molar-refractivity contribution in [3.8, 4) is 0 Å². The van der Waals surface area contributed by atoms with Crippen LogP contribution in [0.2, 0.25) is 0 Å². The highest BCUT2D eigenvalue weighted by atomic mass is 32.2. The minimum atomic E-state index is -3.48. The van der Waals surface area contributed by atoms with E-state index in [1.807, 2.05) is 14.1 Å². The maximum Gasteiger partial charge on any atom is 0.320 e. The fraction of sp³-hybridized carbons (Fsp3) is 0.235. The third-order valence-corrected chi connectivity index (χ3v) is 5.20. The van der Waals surface area contributed by atoms with Crippen LogP contribution in [0.5, 0.6) is 0 Å². The van der Waals surface area contributed by atoms with Gasteiger partial charge in [-0.2, -0.15) is 0 Å². The number of hydrogen-bond donors (Lipinski definition) is 2. The first kappa shape index (κ1) is 18.6. The van der Waals surface area contributed by atoms with Crippen molar-refractivity contribution in [2.75, 3.05) is 11.6 Å². The van der Waals surface area contributed by atoms with E-state index in [4.69, 9.17) is 0 Å². The van der Waals surface area contributed by atoms with Gasteiger partial charge in [0.05, 0.1) is 10.6 Å². The molecule has 0 saturated carbocycles. The Labute approximate surface area is 157 Å². The van der Waals surface area contributed by atoms with Gasteiger partial charge in [0.15, 0.2) is 9.84 Å². The van der Waals surface area contributed by atoms with E-state index in [1.54, 1.807) is 46.1 Å². The Bertz CT molecular complexity index is 1030. The lowest BCUT2D eigenvalue weighted by atomic mass is 10.2. The molecular formula is C17H20N6O3S. The monoisotopic (exact) mass is 388 g/mol. The van der Waals surface area contributed by atoms with Crippen molar-refractivity contribution in [2.45, 2.75) is 10.9 Å². The number of rotatable bonds is 5. The van der Waals surface area contributed by atoms with Gasteiger partial charge in [0, 0.05) is 45.1 Å². The number of urea groups is 1. The topological polar surface area (TPSA) is 111 Å². The van der Waals surface area contributed by atoms with Gasteiger partial charge in [0.1, 0.15) is 17.7 Å². The number of sulfone groups is 1. The molecule has 0 spiro atoms. The summed E-state index contributed by atoms with van der Waals surface area (Å²) >= 11 is 0. The van der Waals surface area contributed by atoms with Crippen LogP contribution in [0.1, 0.15) is 17.7 Å². The van der Waals surface area contributed by atoms with Gasteiger partial charge in [0.2, 0.25) is 0 Å². The molecule has 0 atom stereocenters. The zero-order valence-electron chi connectivity index (χ0n) is 15.1. The first-order valence-corrected chi connectivity index (χ1v) is 9.97. The molecular weight excluding hydrogens is 368 g/mol. The lowest BCUT2D eigenvalue weighted by molar-refractivity contribution is 0.249. The predicted octanol–water partition coefficient (Wildman–Crippen LogP) is 1.47. The minimum absolute atomic E-state index is 0.0469. The number of anilines is 1. The number of para-hydroxylation sites is 1. The van der Waals surface area contributed by atoms with Gasteiger partial charge in [-0.15, -0.1) is 0 Å². The van der Waals surface area contributed by atoms with Crippen LogP contribution in [0.3, 0.4) is 0 Å². The van der Waals surface area contributed by atoms with Crippen molar-refractivity contribution < 1.29 is 13.2 Å². The molecule has 0 radical (unpaired) electrons. The van der Waals surface area contributed by atoms with E-state index in [-0.39, 0.29) is 10.6 Å². The van der Waals surface area contributed by atoms with Crippen LogP contribution in [0, 0.1) is 0 Å². The third kappa shape index (κ3) is 4.00. The van der Waals surface area contributed by atoms with Crippen molar-refractivity contribution in [3.63, 3.8) is 0 Å². The van der Waals surface area contributed by atoms with E-state index in [0.717, 1.165) is 6.26 Å². The number of imidazole rings is 2. The normalized spacial score (nSPS) is 11.6. The van der Waals surface area contributed by atoms with Crippen LogP contribution in [-0.4, -0.2) is 39.8 Å². The second kappa shape index (κ2) is 7.23. The van der Waals surface area contributed by atoms with Crippen molar-refractivity contribution in [1.29, 1.82) is 0 Å². The maximum absolute atomic E-state index is 12.6. The summed E-state index contributed by atoms with van der Waals surface area (Å²) in [4.78, 5) is 21.3. The zero-order chi connectivity index (χ0) is 19.6. The van der Waals surface area contributed by atoms with Crippen LogP contribution >= 0.6 is 0 Å². The fourth-order valence-electron chi connectivity index (χ4n) is 2.74. The smallest absolute Gasteiger partial charge is 0.320 e. The molecule has 0 fully saturated rings. The first-order chi connectivity index (χ1) is 12.8. The van der Waals surface area contributed by atoms with Crippen molar-refractivity contribution in [2.24, 2.45) is 14.1 Å². The Morgan fingerprint density at radius 2 is 1.59 bits per heavy atom. The highest BCUT2D eigenvalue weighted by Gasteiger charge is 2.25. The summed E-state index contributed by atoms with van der Waals surface area (Å²) in [5, 5.41) is 5.43. The quantitative estimate of drug-likeness (QED) is 0.688. The molecule has 1 aromatic carbocycles. The average Bonchev–Trinajstić information content (AvgIpc) is 3.21. The first-order valence-electron chi connectivity index (χ1n) is 8.08. The highest BCUT2D eigenvalue weighted by molar-refractivity contribution is 7.90. The second-order valence-corrected chi connectivity index (χ2v) is 8.08. The molecule has 2 amide bonds. The molecule has 0 unspecified atom stereocenters. The van der Waals surface area contributed by atoms with Crippen molar-refractivity contribution >= 4 is 21.6 Å². The van der Waals surface area contributed by atoms with Crippen LogP contribution in [0.15, 0.2) is 53.9 Å². The molecule has 0 aliphatic heterocycles. The largest absolute Gasteiger partial charge is 0.336 e. The second-order valence-electron chi connectivity index (χ2n) is 6.09. The molecule has 0 bridgehead atoms. The number of aryl methyl sites for hydroxylation is 2. The van der Waals surface area contributed by atoms with Gasteiger partial charge >= 0.3 is 6.03 Å². The molecule has 2 aromatic heterocycles. The molecule has 142 valence electrons. The number of aromatic nitrogens is 4. The number of nitrogens with one attached hydrogen (secondary N) is 2. The molecule has 10 heteroatoms. The molecule has 2 heterocycles. The summed E-state index contributed by atoms with van der Waals surface area (Å²) in [5.74, 6) is 1.19. The van der Waals surface area contributed by atoms with E-state index < -0.39 is 21.9 Å².